The molecule has 2 N–H and O–H groups in total. The van der Waals surface area contributed by atoms with Crippen molar-refractivity contribution >= 4 is 34.8 Å². The van der Waals surface area contributed by atoms with Crippen LogP contribution in [0.1, 0.15) is 39.3 Å². The van der Waals surface area contributed by atoms with Gasteiger partial charge in [0.1, 0.15) is 0 Å². The lowest BCUT2D eigenvalue weighted by atomic mass is 10.1. The zero-order valence-corrected chi connectivity index (χ0v) is 16.5. The van der Waals surface area contributed by atoms with E-state index < -0.39 is 0 Å². The molecular weight excluding hydrogens is 382 g/mol. The number of carbonyl (C=O) groups is 3. The highest BCUT2D eigenvalue weighted by molar-refractivity contribution is 6.07. The molecule has 30 heavy (non-hydrogen) atoms. The smallest absolute Gasteiger partial charge is 0.291 e. The Hall–Kier alpha value is -3.87. The fourth-order valence-corrected chi connectivity index (χ4v) is 3.37. The van der Waals surface area contributed by atoms with E-state index in [1.54, 1.807) is 53.4 Å². The lowest BCUT2D eigenvalue weighted by Gasteiger charge is -2.17. The highest BCUT2D eigenvalue weighted by atomic mass is 16.3. The molecule has 4 rings (SSSR count). The molecule has 0 atom stereocenters. The third-order valence-corrected chi connectivity index (χ3v) is 4.98. The van der Waals surface area contributed by atoms with Gasteiger partial charge in [-0.25, -0.2) is 0 Å². The summed E-state index contributed by atoms with van der Waals surface area (Å²) in [6.07, 6.45) is 2.81. The van der Waals surface area contributed by atoms with Gasteiger partial charge in [-0.2, -0.15) is 0 Å². The van der Waals surface area contributed by atoms with E-state index >= 15 is 0 Å². The number of amides is 3. The molecule has 0 radical (unpaired) electrons. The van der Waals surface area contributed by atoms with E-state index in [4.69, 9.17) is 4.42 Å². The van der Waals surface area contributed by atoms with Crippen LogP contribution in [-0.4, -0.2) is 24.3 Å². The zero-order valence-electron chi connectivity index (χ0n) is 16.5. The summed E-state index contributed by atoms with van der Waals surface area (Å²) in [7, 11) is 0. The fraction of sp³-hybridized carbons (Fsp3) is 0.174. The van der Waals surface area contributed by atoms with Gasteiger partial charge in [0, 0.05) is 35.6 Å². The first-order valence-corrected chi connectivity index (χ1v) is 9.68. The van der Waals surface area contributed by atoms with Crippen LogP contribution < -0.4 is 15.5 Å². The molecule has 7 nitrogen and oxygen atoms in total. The largest absolute Gasteiger partial charge is 0.459 e. The van der Waals surface area contributed by atoms with Crippen molar-refractivity contribution in [1.29, 1.82) is 0 Å². The molecule has 1 saturated heterocycles. The molecule has 1 aliphatic rings. The molecule has 3 aromatic rings. The van der Waals surface area contributed by atoms with E-state index in [0.29, 0.717) is 29.9 Å². The maximum absolute atomic E-state index is 12.8. The number of nitrogens with one attached hydrogen (secondary N) is 2. The van der Waals surface area contributed by atoms with Gasteiger partial charge < -0.3 is 20.0 Å². The van der Waals surface area contributed by atoms with E-state index in [9.17, 15) is 14.4 Å². The third-order valence-electron chi connectivity index (χ3n) is 4.98. The van der Waals surface area contributed by atoms with Crippen molar-refractivity contribution in [3.8, 4) is 0 Å². The summed E-state index contributed by atoms with van der Waals surface area (Å²) in [4.78, 5) is 38.7. The second-order valence-electron chi connectivity index (χ2n) is 7.11. The van der Waals surface area contributed by atoms with Crippen LogP contribution in [-0.2, 0) is 4.79 Å². The van der Waals surface area contributed by atoms with Gasteiger partial charge in [0.2, 0.25) is 5.91 Å². The highest BCUT2D eigenvalue weighted by Crippen LogP contribution is 2.25. The summed E-state index contributed by atoms with van der Waals surface area (Å²) in [5, 5.41) is 5.62. The van der Waals surface area contributed by atoms with E-state index in [-0.39, 0.29) is 23.5 Å². The van der Waals surface area contributed by atoms with Gasteiger partial charge in [0.05, 0.1) is 6.26 Å². The molecule has 1 fully saturated rings. The Labute approximate surface area is 173 Å². The SMILES string of the molecule is Cc1ccc(C(=O)Nc2cccc(N3CCCC3=O)c2)cc1NC(=O)c1ccco1. The monoisotopic (exact) mass is 403 g/mol. The van der Waals surface area contributed by atoms with Crippen molar-refractivity contribution in [1.82, 2.24) is 0 Å². The van der Waals surface area contributed by atoms with Gasteiger partial charge in [-0.05, 0) is 61.4 Å². The Morgan fingerprint density at radius 1 is 1.00 bits per heavy atom. The summed E-state index contributed by atoms with van der Waals surface area (Å²) in [6.45, 7) is 2.53. The molecular formula is C23H21N3O4. The first-order chi connectivity index (χ1) is 14.5. The summed E-state index contributed by atoms with van der Waals surface area (Å²) in [5.74, 6) is -0.413. The molecule has 1 aromatic heterocycles. The maximum Gasteiger partial charge on any atom is 0.291 e. The topological polar surface area (TPSA) is 91.7 Å². The number of furan rings is 1. The van der Waals surface area contributed by atoms with E-state index in [1.165, 1.54) is 6.26 Å². The maximum atomic E-state index is 12.8. The van der Waals surface area contributed by atoms with Gasteiger partial charge in [0.15, 0.2) is 5.76 Å². The van der Waals surface area contributed by atoms with Crippen LogP contribution in [0.25, 0.3) is 0 Å². The molecule has 1 aliphatic heterocycles. The first-order valence-electron chi connectivity index (χ1n) is 9.68. The molecule has 0 saturated carbocycles. The molecule has 152 valence electrons. The lowest BCUT2D eigenvalue weighted by Crippen LogP contribution is -2.23. The molecule has 7 heteroatoms. The number of nitrogens with zero attached hydrogens (tertiary/aromatic N) is 1. The molecule has 3 amide bonds. The number of aryl methyl sites for hydroxylation is 1. The Kier molecular flexibility index (Phi) is 5.34. The summed E-state index contributed by atoms with van der Waals surface area (Å²) >= 11 is 0. The summed E-state index contributed by atoms with van der Waals surface area (Å²) in [5.41, 5.74) is 3.11. The Balaban J connectivity index is 1.50. The van der Waals surface area contributed by atoms with Crippen molar-refractivity contribution < 1.29 is 18.8 Å². The van der Waals surface area contributed by atoms with Crippen LogP contribution in [0.3, 0.4) is 0 Å². The van der Waals surface area contributed by atoms with Gasteiger partial charge in [-0.1, -0.05) is 12.1 Å². The Bertz CT molecular complexity index is 1110. The molecule has 2 aromatic carbocycles. The Morgan fingerprint density at radius 3 is 2.60 bits per heavy atom. The van der Waals surface area contributed by atoms with Crippen molar-refractivity contribution in [3.63, 3.8) is 0 Å². The molecule has 2 heterocycles. The second-order valence-corrected chi connectivity index (χ2v) is 7.11. The number of rotatable bonds is 5. The van der Waals surface area contributed by atoms with Crippen molar-refractivity contribution in [2.24, 2.45) is 0 Å². The van der Waals surface area contributed by atoms with Crippen molar-refractivity contribution in [2.75, 3.05) is 22.1 Å². The minimum Gasteiger partial charge on any atom is -0.459 e. The standard InChI is InChI=1S/C23H21N3O4/c1-15-9-10-16(13-19(15)25-23(29)20-7-4-12-30-20)22(28)24-17-5-2-6-18(14-17)26-11-3-8-21(26)27/h2,4-7,9-10,12-14H,3,8,11H2,1H3,(H,24,28)(H,25,29). The predicted octanol–water partition coefficient (Wildman–Crippen LogP) is 4.22. The zero-order chi connectivity index (χ0) is 21.1. The van der Waals surface area contributed by atoms with E-state index in [2.05, 4.69) is 10.6 Å². The van der Waals surface area contributed by atoms with Crippen LogP contribution in [0.15, 0.2) is 65.3 Å². The molecule has 0 aliphatic carbocycles. The van der Waals surface area contributed by atoms with Crippen LogP contribution in [0.4, 0.5) is 17.1 Å². The van der Waals surface area contributed by atoms with Crippen molar-refractivity contribution in [2.45, 2.75) is 19.8 Å². The first kappa shape index (κ1) is 19.4. The minimum absolute atomic E-state index is 0.0916. The number of hydrogen-bond acceptors (Lipinski definition) is 4. The number of carbonyl (C=O) groups excluding carboxylic acids is 3. The molecule has 0 spiro atoms. The normalized spacial score (nSPS) is 13.4. The van der Waals surface area contributed by atoms with Crippen molar-refractivity contribution in [3.05, 3.63) is 77.7 Å². The van der Waals surface area contributed by atoms with Crippen LogP contribution in [0.5, 0.6) is 0 Å². The predicted molar refractivity (Wildman–Crippen MR) is 114 cm³/mol. The van der Waals surface area contributed by atoms with Gasteiger partial charge in [0.25, 0.3) is 11.8 Å². The average Bonchev–Trinajstić information content (AvgIpc) is 3.41. The number of anilines is 3. The van der Waals surface area contributed by atoms with Crippen LogP contribution in [0, 0.1) is 6.92 Å². The quantitative estimate of drug-likeness (QED) is 0.667. The van der Waals surface area contributed by atoms with E-state index in [0.717, 1.165) is 17.7 Å². The average molecular weight is 403 g/mol. The summed E-state index contributed by atoms with van der Waals surface area (Å²) < 4.78 is 5.11. The molecule has 0 unspecified atom stereocenters. The number of benzene rings is 2. The van der Waals surface area contributed by atoms with Gasteiger partial charge >= 0.3 is 0 Å². The van der Waals surface area contributed by atoms with Gasteiger partial charge in [-0.15, -0.1) is 0 Å². The summed E-state index contributed by atoms with van der Waals surface area (Å²) in [6, 6.07) is 15.5. The third kappa shape index (κ3) is 4.10. The molecule has 0 bridgehead atoms. The van der Waals surface area contributed by atoms with Gasteiger partial charge in [-0.3, -0.25) is 14.4 Å². The van der Waals surface area contributed by atoms with Crippen LogP contribution >= 0.6 is 0 Å². The minimum atomic E-state index is -0.386. The highest BCUT2D eigenvalue weighted by Gasteiger charge is 2.22. The Morgan fingerprint density at radius 2 is 1.87 bits per heavy atom. The number of hydrogen-bond donors (Lipinski definition) is 2. The van der Waals surface area contributed by atoms with Crippen LogP contribution in [0.2, 0.25) is 0 Å². The lowest BCUT2D eigenvalue weighted by molar-refractivity contribution is -0.117. The fourth-order valence-electron chi connectivity index (χ4n) is 3.37. The van der Waals surface area contributed by atoms with E-state index in [1.807, 2.05) is 13.0 Å². The second kappa shape index (κ2) is 8.24.